The van der Waals surface area contributed by atoms with E-state index in [1.807, 2.05) is 4.90 Å². The van der Waals surface area contributed by atoms with Crippen LogP contribution in [0.15, 0.2) is 10.7 Å². The van der Waals surface area contributed by atoms with Crippen LogP contribution in [-0.2, 0) is 19.3 Å². The molecule has 3 heterocycles. The van der Waals surface area contributed by atoms with Gasteiger partial charge in [-0.2, -0.15) is 0 Å². The number of aryl methyl sites for hydroxylation is 1. The molecule has 2 atom stereocenters. The van der Waals surface area contributed by atoms with Gasteiger partial charge in [0.1, 0.15) is 11.8 Å². The highest BCUT2D eigenvalue weighted by molar-refractivity contribution is 6.06. The van der Waals surface area contributed by atoms with Gasteiger partial charge in [-0.05, 0) is 63.0 Å². The summed E-state index contributed by atoms with van der Waals surface area (Å²) in [4.78, 5) is 15.8. The Labute approximate surface area is 177 Å². The van der Waals surface area contributed by atoms with Crippen LogP contribution in [0.4, 0.5) is 5.82 Å². The van der Waals surface area contributed by atoms with Crippen molar-refractivity contribution in [2.24, 2.45) is 5.92 Å². The molecule has 0 radical (unpaired) electrons. The number of anilines is 1. The minimum absolute atomic E-state index is 0.345. The Bertz CT molecular complexity index is 1030. The number of fused-ring (bicyclic) bond motifs is 5. The zero-order chi connectivity index (χ0) is 21.4. The molecule has 7 heteroatoms. The highest BCUT2D eigenvalue weighted by Gasteiger charge is 2.26. The Balaban J connectivity index is 1.93. The molecule has 162 valence electrons. The van der Waals surface area contributed by atoms with Crippen LogP contribution >= 0.6 is 0 Å². The Kier molecular flexibility index (Phi) is 5.93. The molecule has 3 aromatic rings. The molecule has 0 saturated carbocycles. The average Bonchev–Trinajstić information content (AvgIpc) is 3.05. The zero-order valence-corrected chi connectivity index (χ0v) is 18.4. The monoisotopic (exact) mass is 412 g/mol. The van der Waals surface area contributed by atoms with E-state index in [0.717, 1.165) is 42.3 Å². The lowest BCUT2D eigenvalue weighted by atomic mass is 9.87. The largest absolute Gasteiger partial charge is 0.432 e. The number of aromatic nitrogens is 3. The van der Waals surface area contributed by atoms with Crippen molar-refractivity contribution in [1.29, 1.82) is 0 Å². The summed E-state index contributed by atoms with van der Waals surface area (Å²) in [6.45, 7) is 8.57. The standard InChI is InChI=1S/C23H32N4O3/c1-13(2)9-18-16-7-5-6-8-17(16)19-20-21(30-23(19)26-18)22(25-12-24-20)27(10-14(3)28)11-15(4)29/h12-15,28-29H,5-11H2,1-4H3/t14-,15-/m0/s1. The summed E-state index contributed by atoms with van der Waals surface area (Å²) in [5, 5.41) is 21.0. The maximum atomic E-state index is 9.98. The predicted molar refractivity (Wildman–Crippen MR) is 118 cm³/mol. The number of nitrogens with zero attached hydrogens (tertiary/aromatic N) is 4. The van der Waals surface area contributed by atoms with E-state index in [2.05, 4.69) is 23.8 Å². The molecule has 0 bridgehead atoms. The summed E-state index contributed by atoms with van der Waals surface area (Å²) >= 11 is 0. The Morgan fingerprint density at radius 3 is 2.30 bits per heavy atom. The number of aliphatic hydroxyl groups excluding tert-OH is 2. The molecule has 30 heavy (non-hydrogen) atoms. The first-order chi connectivity index (χ1) is 14.3. The molecule has 0 unspecified atom stereocenters. The van der Waals surface area contributed by atoms with E-state index in [1.165, 1.54) is 17.5 Å². The van der Waals surface area contributed by atoms with Crippen LogP contribution in [0, 0.1) is 5.92 Å². The van der Waals surface area contributed by atoms with Gasteiger partial charge in [-0.1, -0.05) is 13.8 Å². The average molecular weight is 413 g/mol. The van der Waals surface area contributed by atoms with Crippen LogP contribution in [0.1, 0.15) is 57.4 Å². The number of pyridine rings is 1. The molecule has 0 saturated heterocycles. The summed E-state index contributed by atoms with van der Waals surface area (Å²) in [6, 6.07) is 0. The first-order valence-electron chi connectivity index (χ1n) is 11.0. The maximum Gasteiger partial charge on any atom is 0.229 e. The van der Waals surface area contributed by atoms with E-state index in [1.54, 1.807) is 20.2 Å². The molecule has 1 aliphatic carbocycles. The third kappa shape index (κ3) is 4.01. The maximum absolute atomic E-state index is 9.98. The first kappa shape index (κ1) is 21.0. The van der Waals surface area contributed by atoms with Crippen LogP contribution in [0.5, 0.6) is 0 Å². The fourth-order valence-electron chi connectivity index (χ4n) is 4.59. The second-order valence-electron chi connectivity index (χ2n) is 9.08. The molecule has 0 aliphatic heterocycles. The number of aliphatic hydroxyl groups is 2. The lowest BCUT2D eigenvalue weighted by molar-refractivity contribution is 0.178. The van der Waals surface area contributed by atoms with Crippen molar-refractivity contribution in [2.75, 3.05) is 18.0 Å². The minimum atomic E-state index is -0.568. The van der Waals surface area contributed by atoms with Gasteiger partial charge >= 0.3 is 0 Å². The molecule has 3 aromatic heterocycles. The quantitative estimate of drug-likeness (QED) is 0.614. The fourth-order valence-corrected chi connectivity index (χ4v) is 4.59. The van der Waals surface area contributed by atoms with Gasteiger partial charge in [0.2, 0.25) is 5.71 Å². The number of hydrogen-bond donors (Lipinski definition) is 2. The van der Waals surface area contributed by atoms with Gasteiger partial charge in [0.05, 0.1) is 17.6 Å². The zero-order valence-electron chi connectivity index (χ0n) is 18.4. The van der Waals surface area contributed by atoms with Crippen molar-refractivity contribution in [3.63, 3.8) is 0 Å². The second kappa shape index (κ2) is 8.47. The van der Waals surface area contributed by atoms with Crippen molar-refractivity contribution in [1.82, 2.24) is 15.0 Å². The summed E-state index contributed by atoms with van der Waals surface area (Å²) in [6.07, 6.45) is 5.76. The van der Waals surface area contributed by atoms with E-state index in [0.29, 0.717) is 36.1 Å². The minimum Gasteiger partial charge on any atom is -0.432 e. The Morgan fingerprint density at radius 2 is 1.67 bits per heavy atom. The van der Waals surface area contributed by atoms with Crippen LogP contribution in [0.25, 0.3) is 22.2 Å². The molecule has 0 fully saturated rings. The molecular formula is C23H32N4O3. The van der Waals surface area contributed by atoms with E-state index < -0.39 is 12.2 Å². The van der Waals surface area contributed by atoms with Crippen molar-refractivity contribution < 1.29 is 14.6 Å². The lowest BCUT2D eigenvalue weighted by Gasteiger charge is -2.26. The van der Waals surface area contributed by atoms with Gasteiger partial charge in [0.25, 0.3) is 0 Å². The van der Waals surface area contributed by atoms with Crippen molar-refractivity contribution in [2.45, 2.75) is 72.0 Å². The molecule has 1 aliphatic rings. The summed E-state index contributed by atoms with van der Waals surface area (Å²) < 4.78 is 6.27. The smallest absolute Gasteiger partial charge is 0.229 e. The number of furan rings is 1. The summed E-state index contributed by atoms with van der Waals surface area (Å²) in [7, 11) is 0. The van der Waals surface area contributed by atoms with Gasteiger partial charge in [-0.3, -0.25) is 0 Å². The highest BCUT2D eigenvalue weighted by Crippen LogP contribution is 2.38. The summed E-state index contributed by atoms with van der Waals surface area (Å²) in [5.41, 5.74) is 5.81. The van der Waals surface area contributed by atoms with Crippen molar-refractivity contribution in [3.05, 3.63) is 23.1 Å². The van der Waals surface area contributed by atoms with E-state index in [9.17, 15) is 10.2 Å². The molecule has 2 N–H and O–H groups in total. The van der Waals surface area contributed by atoms with Crippen LogP contribution in [0.2, 0.25) is 0 Å². The highest BCUT2D eigenvalue weighted by atomic mass is 16.3. The fraction of sp³-hybridized carbons (Fsp3) is 0.609. The van der Waals surface area contributed by atoms with Crippen LogP contribution < -0.4 is 4.90 Å². The van der Waals surface area contributed by atoms with E-state index in [-0.39, 0.29) is 0 Å². The van der Waals surface area contributed by atoms with Gasteiger partial charge in [-0.15, -0.1) is 0 Å². The molecule has 0 aromatic carbocycles. The normalized spacial score (nSPS) is 16.2. The van der Waals surface area contributed by atoms with E-state index >= 15 is 0 Å². The SMILES string of the molecule is CC(C)Cc1nc2oc3c(N(C[C@H](C)O)C[C@H](C)O)ncnc3c2c2c1CCCC2. The van der Waals surface area contributed by atoms with Gasteiger partial charge in [0.15, 0.2) is 11.4 Å². The number of rotatable bonds is 7. The van der Waals surface area contributed by atoms with Gasteiger partial charge in [-0.25, -0.2) is 15.0 Å². The number of hydrogen-bond acceptors (Lipinski definition) is 7. The Morgan fingerprint density at radius 1 is 1.00 bits per heavy atom. The third-order valence-electron chi connectivity index (χ3n) is 5.66. The van der Waals surface area contributed by atoms with Crippen LogP contribution in [-0.4, -0.2) is 50.5 Å². The van der Waals surface area contributed by atoms with E-state index in [4.69, 9.17) is 9.40 Å². The summed E-state index contributed by atoms with van der Waals surface area (Å²) in [5.74, 6) is 1.11. The van der Waals surface area contributed by atoms with Gasteiger partial charge < -0.3 is 19.5 Å². The first-order valence-corrected chi connectivity index (χ1v) is 11.0. The molecular weight excluding hydrogens is 380 g/mol. The third-order valence-corrected chi connectivity index (χ3v) is 5.66. The molecule has 4 rings (SSSR count). The van der Waals surface area contributed by atoms with Gasteiger partial charge in [0, 0.05) is 18.8 Å². The van der Waals surface area contributed by atoms with Crippen molar-refractivity contribution in [3.8, 4) is 0 Å². The predicted octanol–water partition coefficient (Wildman–Crippen LogP) is 3.42. The Hall–Kier alpha value is -2.25. The topological polar surface area (TPSA) is 95.5 Å². The van der Waals surface area contributed by atoms with Crippen molar-refractivity contribution >= 4 is 28.0 Å². The molecule has 0 amide bonds. The molecule has 7 nitrogen and oxygen atoms in total. The lowest BCUT2D eigenvalue weighted by Crippen LogP contribution is -2.37. The molecule has 0 spiro atoms. The van der Waals surface area contributed by atoms with Crippen LogP contribution in [0.3, 0.4) is 0 Å². The second-order valence-corrected chi connectivity index (χ2v) is 9.08.